The summed E-state index contributed by atoms with van der Waals surface area (Å²) < 4.78 is 0. The average Bonchev–Trinajstić information content (AvgIpc) is 2.29. The summed E-state index contributed by atoms with van der Waals surface area (Å²) in [4.78, 5) is 2.69. The number of likely N-dealkylation sites (tertiary alicyclic amines) is 1. The van der Waals surface area contributed by atoms with Crippen LogP contribution in [0, 0.1) is 10.8 Å². The lowest BCUT2D eigenvalue weighted by Crippen LogP contribution is -2.46. The number of hydrogen-bond acceptors (Lipinski definition) is 2. The molecule has 0 unspecified atom stereocenters. The summed E-state index contributed by atoms with van der Waals surface area (Å²) in [6.07, 6.45) is 7.05. The van der Waals surface area contributed by atoms with Crippen molar-refractivity contribution in [2.24, 2.45) is 10.8 Å². The molecule has 2 rings (SSSR count). The van der Waals surface area contributed by atoms with Gasteiger partial charge in [-0.25, -0.2) is 0 Å². The van der Waals surface area contributed by atoms with Crippen LogP contribution in [-0.2, 0) is 0 Å². The van der Waals surface area contributed by atoms with Crippen molar-refractivity contribution in [3.05, 3.63) is 0 Å². The normalized spacial score (nSPS) is 26.3. The smallest absolute Gasteiger partial charge is 0.00134 e. The number of nitrogens with one attached hydrogen (secondary N) is 1. The van der Waals surface area contributed by atoms with Gasteiger partial charge in [0, 0.05) is 0 Å². The highest BCUT2D eigenvalue weighted by Gasteiger charge is 2.35. The molecule has 2 heteroatoms. The van der Waals surface area contributed by atoms with Gasteiger partial charge in [0.05, 0.1) is 0 Å². The fourth-order valence-corrected chi connectivity index (χ4v) is 3.20. The lowest BCUT2D eigenvalue weighted by Gasteiger charge is -2.44. The number of piperidine rings is 2. The van der Waals surface area contributed by atoms with Gasteiger partial charge in [-0.1, -0.05) is 20.8 Å². The Morgan fingerprint density at radius 2 is 1.59 bits per heavy atom. The Balaban J connectivity index is 1.74. The van der Waals surface area contributed by atoms with Crippen LogP contribution in [0.1, 0.15) is 52.9 Å². The van der Waals surface area contributed by atoms with Crippen molar-refractivity contribution >= 4 is 0 Å². The zero-order chi connectivity index (χ0) is 12.4. The maximum atomic E-state index is 3.50. The van der Waals surface area contributed by atoms with Crippen molar-refractivity contribution in [2.45, 2.75) is 52.9 Å². The molecule has 0 radical (unpaired) electrons. The van der Waals surface area contributed by atoms with E-state index in [0.29, 0.717) is 10.8 Å². The molecular formula is C15H30N2. The summed E-state index contributed by atoms with van der Waals surface area (Å²) in [6.45, 7) is 13.6. The summed E-state index contributed by atoms with van der Waals surface area (Å²) in [5, 5.41) is 3.50. The summed E-state index contributed by atoms with van der Waals surface area (Å²) in [7, 11) is 0. The van der Waals surface area contributed by atoms with E-state index < -0.39 is 0 Å². The average molecular weight is 238 g/mol. The van der Waals surface area contributed by atoms with E-state index in [1.54, 1.807) is 0 Å². The van der Waals surface area contributed by atoms with Gasteiger partial charge in [0.1, 0.15) is 0 Å². The monoisotopic (exact) mass is 238 g/mol. The molecular weight excluding hydrogens is 208 g/mol. The van der Waals surface area contributed by atoms with E-state index in [1.807, 2.05) is 0 Å². The second-order valence-electron chi connectivity index (χ2n) is 7.40. The Kier molecular flexibility index (Phi) is 4.14. The highest BCUT2D eigenvalue weighted by atomic mass is 15.1. The number of rotatable bonds is 2. The van der Waals surface area contributed by atoms with Crippen molar-refractivity contribution in [1.82, 2.24) is 10.2 Å². The quantitative estimate of drug-likeness (QED) is 0.796. The molecule has 2 aliphatic heterocycles. The second kappa shape index (κ2) is 5.27. The zero-order valence-electron chi connectivity index (χ0n) is 12.0. The maximum Gasteiger partial charge on any atom is -0.00134 e. The van der Waals surface area contributed by atoms with Gasteiger partial charge in [-0.05, 0) is 75.7 Å². The summed E-state index contributed by atoms with van der Waals surface area (Å²) in [6, 6.07) is 0. The van der Waals surface area contributed by atoms with Crippen LogP contribution >= 0.6 is 0 Å². The Bertz CT molecular complexity index is 226. The molecule has 100 valence electrons. The third kappa shape index (κ3) is 3.96. The third-order valence-corrected chi connectivity index (χ3v) is 4.76. The molecule has 0 saturated carbocycles. The minimum Gasteiger partial charge on any atom is -0.317 e. The Morgan fingerprint density at radius 3 is 2.12 bits per heavy atom. The topological polar surface area (TPSA) is 15.3 Å². The molecule has 2 aliphatic rings. The molecule has 1 N–H and O–H groups in total. The first-order valence-electron chi connectivity index (χ1n) is 7.42. The summed E-state index contributed by atoms with van der Waals surface area (Å²) in [5.41, 5.74) is 1.20. The molecule has 0 aromatic heterocycles. The van der Waals surface area contributed by atoms with E-state index in [0.717, 1.165) is 0 Å². The van der Waals surface area contributed by atoms with Gasteiger partial charge < -0.3 is 10.2 Å². The van der Waals surface area contributed by atoms with Crippen molar-refractivity contribution in [3.8, 4) is 0 Å². The fourth-order valence-electron chi connectivity index (χ4n) is 3.20. The van der Waals surface area contributed by atoms with E-state index in [4.69, 9.17) is 0 Å². The van der Waals surface area contributed by atoms with Crippen LogP contribution in [0.25, 0.3) is 0 Å². The number of nitrogens with zero attached hydrogens (tertiary/aromatic N) is 1. The summed E-state index contributed by atoms with van der Waals surface area (Å²) >= 11 is 0. The molecule has 0 atom stereocenters. The molecule has 1 spiro atoms. The van der Waals surface area contributed by atoms with Crippen molar-refractivity contribution < 1.29 is 0 Å². The van der Waals surface area contributed by atoms with Crippen LogP contribution in [0.15, 0.2) is 0 Å². The molecule has 2 heterocycles. The van der Waals surface area contributed by atoms with Gasteiger partial charge in [0.2, 0.25) is 0 Å². The number of hydrogen-bond donors (Lipinski definition) is 1. The van der Waals surface area contributed by atoms with E-state index in [2.05, 4.69) is 31.0 Å². The van der Waals surface area contributed by atoms with Crippen LogP contribution in [0.3, 0.4) is 0 Å². The van der Waals surface area contributed by atoms with Gasteiger partial charge in [-0.15, -0.1) is 0 Å². The van der Waals surface area contributed by atoms with Crippen LogP contribution < -0.4 is 5.32 Å². The highest BCUT2D eigenvalue weighted by molar-refractivity contribution is 4.89. The van der Waals surface area contributed by atoms with Gasteiger partial charge in [0.25, 0.3) is 0 Å². The minimum absolute atomic E-state index is 0.490. The predicted molar refractivity (Wildman–Crippen MR) is 74.3 cm³/mol. The maximum absolute atomic E-state index is 3.50. The first-order valence-corrected chi connectivity index (χ1v) is 7.42. The van der Waals surface area contributed by atoms with E-state index >= 15 is 0 Å². The summed E-state index contributed by atoms with van der Waals surface area (Å²) in [5.74, 6) is 0. The van der Waals surface area contributed by atoms with Crippen LogP contribution in [-0.4, -0.2) is 37.6 Å². The zero-order valence-corrected chi connectivity index (χ0v) is 12.0. The van der Waals surface area contributed by atoms with Crippen molar-refractivity contribution in [2.75, 3.05) is 32.7 Å². The minimum atomic E-state index is 0.490. The molecule has 0 aromatic carbocycles. The largest absolute Gasteiger partial charge is 0.317 e. The highest BCUT2D eigenvalue weighted by Crippen LogP contribution is 2.39. The van der Waals surface area contributed by atoms with E-state index in [-0.39, 0.29) is 0 Å². The SMILES string of the molecule is CC(C)(C)CCN1CCC2(CCNCC2)CC1. The van der Waals surface area contributed by atoms with Crippen LogP contribution in [0.4, 0.5) is 0 Å². The van der Waals surface area contributed by atoms with Gasteiger partial charge >= 0.3 is 0 Å². The van der Waals surface area contributed by atoms with Crippen LogP contribution in [0.2, 0.25) is 0 Å². The fraction of sp³-hybridized carbons (Fsp3) is 1.00. The molecule has 0 bridgehead atoms. The molecule has 0 aromatic rings. The first kappa shape index (κ1) is 13.4. The van der Waals surface area contributed by atoms with Crippen molar-refractivity contribution in [3.63, 3.8) is 0 Å². The van der Waals surface area contributed by atoms with E-state index in [9.17, 15) is 0 Å². The molecule has 17 heavy (non-hydrogen) atoms. The second-order valence-corrected chi connectivity index (χ2v) is 7.40. The Morgan fingerprint density at radius 1 is 1.00 bits per heavy atom. The molecule has 0 aliphatic carbocycles. The standard InChI is InChI=1S/C15H30N2/c1-14(2,3)6-11-17-12-7-15(8-13-17)4-9-16-10-5-15/h16H,4-13H2,1-3H3. The molecule has 0 amide bonds. The molecule has 2 saturated heterocycles. The molecule has 2 fully saturated rings. The predicted octanol–water partition coefficient (Wildman–Crippen LogP) is 2.89. The van der Waals surface area contributed by atoms with Crippen LogP contribution in [0.5, 0.6) is 0 Å². The third-order valence-electron chi connectivity index (χ3n) is 4.76. The van der Waals surface area contributed by atoms with Gasteiger partial charge in [-0.2, -0.15) is 0 Å². The lowest BCUT2D eigenvalue weighted by atomic mass is 9.71. The van der Waals surface area contributed by atoms with Gasteiger partial charge in [0.15, 0.2) is 0 Å². The first-order chi connectivity index (χ1) is 7.99. The van der Waals surface area contributed by atoms with Crippen molar-refractivity contribution in [1.29, 1.82) is 0 Å². The van der Waals surface area contributed by atoms with E-state index in [1.165, 1.54) is 64.8 Å². The van der Waals surface area contributed by atoms with Gasteiger partial charge in [-0.3, -0.25) is 0 Å². The lowest BCUT2D eigenvalue weighted by molar-refractivity contribution is 0.0682. The Labute approximate surface area is 107 Å². The molecule has 2 nitrogen and oxygen atoms in total. The Hall–Kier alpha value is -0.0800.